The van der Waals surface area contributed by atoms with Gasteiger partial charge in [-0.1, -0.05) is 0 Å². The first-order chi connectivity index (χ1) is 20.2. The number of unbranched alkanes of at least 4 members (excludes halogenated alkanes) is 3. The van der Waals surface area contributed by atoms with Gasteiger partial charge in [0.05, 0.1) is 0 Å². The maximum absolute atomic E-state index is 7.69. The average Bonchev–Trinajstić information content (AvgIpc) is 2.99. The summed E-state index contributed by atoms with van der Waals surface area (Å²) in [5.41, 5.74) is 1.39. The molecule has 0 saturated carbocycles. The second-order valence-corrected chi connectivity index (χ2v) is 30.7. The fourth-order valence-corrected chi connectivity index (χ4v) is 25.5. The Bertz CT molecular complexity index is 1020. The predicted molar refractivity (Wildman–Crippen MR) is 194 cm³/mol. The van der Waals surface area contributed by atoms with Crippen molar-refractivity contribution in [2.24, 2.45) is 0 Å². The molecule has 0 radical (unpaired) electrons. The molecule has 0 heterocycles. The second-order valence-electron chi connectivity index (χ2n) is 13.4. The topological polar surface area (TPSA) is 9.23 Å². The summed E-state index contributed by atoms with van der Waals surface area (Å²) < 4.78 is 15.1. The molecule has 0 aliphatic heterocycles. The molecule has 2 aromatic rings. The summed E-state index contributed by atoms with van der Waals surface area (Å²) in [6.07, 6.45) is 19.6. The normalized spacial score (nSPS) is 14.2. The van der Waals surface area contributed by atoms with Crippen LogP contribution in [0.3, 0.4) is 0 Å². The molecule has 0 fully saturated rings. The molecule has 2 aromatic carbocycles. The van der Waals surface area contributed by atoms with Crippen molar-refractivity contribution in [1.82, 2.24) is 0 Å². The van der Waals surface area contributed by atoms with Crippen LogP contribution in [0.15, 0.2) is 94.6 Å². The van der Waals surface area contributed by atoms with Crippen LogP contribution in [-0.2, 0) is 4.43 Å². The zero-order chi connectivity index (χ0) is 30.9. The molecule has 0 aliphatic carbocycles. The summed E-state index contributed by atoms with van der Waals surface area (Å²) in [6, 6.07) is 22.3. The Kier molecular flexibility index (Phi) is 16.8. The molecule has 0 N–H and O–H groups in total. The van der Waals surface area contributed by atoms with E-state index in [0.29, 0.717) is 0 Å². The molecule has 1 atom stereocenters. The van der Waals surface area contributed by atoms with Crippen molar-refractivity contribution in [2.75, 3.05) is 0 Å². The number of hydrogen-bond acceptors (Lipinski definition) is 1. The molecule has 0 unspecified atom stereocenters. The SMILES string of the molecule is C/C=C/C/C(C)=C\[C@@H](C/C=[CH]/[Sn]([CH2]CCC)([CH2]CCC)[CH2]CCC)O[Si](c1ccccc1)(c1ccccc1)C(C)(C)C. The third-order valence-electron chi connectivity index (χ3n) is 8.82. The van der Waals surface area contributed by atoms with E-state index in [2.05, 4.69) is 144 Å². The molecule has 0 bridgehead atoms. The molecule has 2 rings (SSSR count). The molecule has 0 amide bonds. The van der Waals surface area contributed by atoms with Gasteiger partial charge in [0.15, 0.2) is 0 Å². The van der Waals surface area contributed by atoms with Gasteiger partial charge in [-0.2, -0.15) is 0 Å². The summed E-state index contributed by atoms with van der Waals surface area (Å²) in [7, 11) is -2.65. The summed E-state index contributed by atoms with van der Waals surface area (Å²) in [4.78, 5) is 0. The van der Waals surface area contributed by atoms with Crippen LogP contribution < -0.4 is 10.4 Å². The third kappa shape index (κ3) is 11.0. The Morgan fingerprint density at radius 2 is 1.26 bits per heavy atom. The standard InChI is InChI=1S/C27H35OSi.3C4H9.Sn/c1-7-9-17-23(3)22-24(16-8-2)28-29(27(4,5)6,25-18-12-10-13-19-25)26-20-14-11-15-21-26;3*1-3-4-2;/h2,7-15,18-22,24H,16-17H2,1,3-6H3;3*1,3-4H2,2H3;/b8-2?,9-7+,23-22-;;;;/t24-;;;;/m1..../s1. The minimum absolute atomic E-state index is 0.0326. The van der Waals surface area contributed by atoms with E-state index in [1.165, 1.54) is 67.8 Å². The van der Waals surface area contributed by atoms with E-state index in [0.717, 1.165) is 12.8 Å². The Morgan fingerprint density at radius 1 is 0.786 bits per heavy atom. The van der Waals surface area contributed by atoms with E-state index in [1.54, 1.807) is 0 Å². The number of benzene rings is 2. The van der Waals surface area contributed by atoms with Gasteiger partial charge in [0.1, 0.15) is 0 Å². The monoisotopic (exact) mass is 694 g/mol. The van der Waals surface area contributed by atoms with E-state index in [-0.39, 0.29) is 11.1 Å². The van der Waals surface area contributed by atoms with Gasteiger partial charge >= 0.3 is 267 Å². The Labute approximate surface area is 266 Å². The van der Waals surface area contributed by atoms with Crippen LogP contribution >= 0.6 is 0 Å². The first kappa shape index (κ1) is 36.8. The summed E-state index contributed by atoms with van der Waals surface area (Å²) in [6.45, 7) is 18.7. The molecular weight excluding hydrogens is 631 g/mol. The first-order valence-corrected chi connectivity index (χ1v) is 26.5. The first-order valence-electron chi connectivity index (χ1n) is 16.9. The average molecular weight is 694 g/mol. The van der Waals surface area contributed by atoms with Gasteiger partial charge in [-0.15, -0.1) is 0 Å². The van der Waals surface area contributed by atoms with E-state index in [9.17, 15) is 0 Å². The zero-order valence-corrected chi connectivity index (χ0v) is 32.3. The van der Waals surface area contributed by atoms with Gasteiger partial charge in [-0.05, 0) is 0 Å². The fourth-order valence-electron chi connectivity index (χ4n) is 6.42. The molecule has 0 aliphatic rings. The quantitative estimate of drug-likeness (QED) is 0.105. The molecule has 1 nitrogen and oxygen atoms in total. The van der Waals surface area contributed by atoms with Gasteiger partial charge in [-0.25, -0.2) is 0 Å². The van der Waals surface area contributed by atoms with Crippen LogP contribution in [0.5, 0.6) is 0 Å². The van der Waals surface area contributed by atoms with Crippen LogP contribution in [0.1, 0.15) is 107 Å². The number of hydrogen-bond donors (Lipinski definition) is 0. The Hall–Kier alpha value is -1.36. The van der Waals surface area contributed by atoms with Crippen molar-refractivity contribution < 1.29 is 4.43 Å². The van der Waals surface area contributed by atoms with Crippen molar-refractivity contribution in [3.05, 3.63) is 94.6 Å². The van der Waals surface area contributed by atoms with Gasteiger partial charge in [0.25, 0.3) is 0 Å². The molecule has 42 heavy (non-hydrogen) atoms. The van der Waals surface area contributed by atoms with Crippen molar-refractivity contribution in [1.29, 1.82) is 0 Å². The van der Waals surface area contributed by atoms with Crippen molar-refractivity contribution in [3.8, 4) is 0 Å². The van der Waals surface area contributed by atoms with E-state index in [1.807, 2.05) is 0 Å². The fraction of sp³-hybridized carbons (Fsp3) is 0.538. The molecule has 0 saturated heterocycles. The van der Waals surface area contributed by atoms with Crippen molar-refractivity contribution in [3.63, 3.8) is 0 Å². The third-order valence-corrected chi connectivity index (χ3v) is 28.1. The van der Waals surface area contributed by atoms with Crippen molar-refractivity contribution >= 4 is 37.1 Å². The molecule has 0 aromatic heterocycles. The van der Waals surface area contributed by atoms with Crippen LogP contribution in [0.4, 0.5) is 0 Å². The Balaban J connectivity index is 2.62. The van der Waals surface area contributed by atoms with E-state index >= 15 is 0 Å². The Morgan fingerprint density at radius 3 is 1.67 bits per heavy atom. The minimum atomic E-state index is -2.65. The van der Waals surface area contributed by atoms with Crippen molar-refractivity contribution in [2.45, 2.75) is 131 Å². The van der Waals surface area contributed by atoms with Crippen LogP contribution in [0.2, 0.25) is 18.3 Å². The second kappa shape index (κ2) is 19.1. The molecule has 232 valence electrons. The predicted octanol–water partition coefficient (Wildman–Crippen LogP) is 11.2. The van der Waals surface area contributed by atoms with Gasteiger partial charge in [0, 0.05) is 0 Å². The zero-order valence-electron chi connectivity index (χ0n) is 28.4. The maximum atomic E-state index is 7.69. The van der Waals surface area contributed by atoms with Gasteiger partial charge in [0.2, 0.25) is 0 Å². The molecule has 0 spiro atoms. The van der Waals surface area contributed by atoms with Gasteiger partial charge in [-0.3, -0.25) is 0 Å². The van der Waals surface area contributed by atoms with Crippen LogP contribution in [0, 0.1) is 0 Å². The molecular formula is C39H62OSiSn. The number of rotatable bonds is 19. The summed E-state index contributed by atoms with van der Waals surface area (Å²) >= 11 is -2.38. The summed E-state index contributed by atoms with van der Waals surface area (Å²) in [5.74, 6) is 0. The van der Waals surface area contributed by atoms with E-state index in [4.69, 9.17) is 4.43 Å². The van der Waals surface area contributed by atoms with Crippen LogP contribution in [0.25, 0.3) is 0 Å². The van der Waals surface area contributed by atoms with Gasteiger partial charge < -0.3 is 0 Å². The molecule has 3 heteroatoms. The van der Waals surface area contributed by atoms with Crippen LogP contribution in [-0.4, -0.2) is 32.8 Å². The van der Waals surface area contributed by atoms with E-state index < -0.39 is 26.7 Å². The number of allylic oxidation sites excluding steroid dienone is 3. The summed E-state index contributed by atoms with van der Waals surface area (Å²) in [5, 5.41) is 2.69.